The summed E-state index contributed by atoms with van der Waals surface area (Å²) >= 11 is 4.18. The number of aliphatic carboxylic acids is 1. The third kappa shape index (κ3) is 4.01. The number of nitrogen functional groups attached to an aromatic ring is 1. The van der Waals surface area contributed by atoms with E-state index in [4.69, 9.17) is 10.8 Å². The number of nitrogens with two attached hydrogens (primary N) is 1. The largest absolute Gasteiger partial charge is 0.481 e. The van der Waals surface area contributed by atoms with E-state index in [-0.39, 0.29) is 46.6 Å². The number of piperidine rings is 1. The second-order valence-corrected chi connectivity index (χ2v) is 6.18. The molecule has 3 N–H and O–H groups in total. The Labute approximate surface area is 150 Å². The zero-order valence-electron chi connectivity index (χ0n) is 13.4. The van der Waals surface area contributed by atoms with Crippen molar-refractivity contribution in [2.24, 2.45) is 0 Å². The molecular formula is C16H17N5O3S. The summed E-state index contributed by atoms with van der Waals surface area (Å²) in [5.74, 6) is -1.27. The van der Waals surface area contributed by atoms with Crippen LogP contribution < -0.4 is 5.73 Å². The van der Waals surface area contributed by atoms with E-state index in [9.17, 15) is 20.1 Å². The van der Waals surface area contributed by atoms with Crippen LogP contribution in [0.15, 0.2) is 5.03 Å². The highest BCUT2D eigenvalue weighted by Crippen LogP contribution is 2.36. The number of carbonyl (C=O) groups excluding carboxylic acids is 1. The number of pyridine rings is 1. The molecule has 0 radical (unpaired) electrons. The highest BCUT2D eigenvalue weighted by molar-refractivity contribution is 7.80. The predicted octanol–water partition coefficient (Wildman–Crippen LogP) is 1.27. The zero-order chi connectivity index (χ0) is 18.6. The molecule has 1 aliphatic heterocycles. The van der Waals surface area contributed by atoms with E-state index in [0.29, 0.717) is 31.5 Å². The second kappa shape index (κ2) is 7.86. The van der Waals surface area contributed by atoms with Crippen LogP contribution in [0.2, 0.25) is 0 Å². The molecule has 1 aliphatic rings. The van der Waals surface area contributed by atoms with Gasteiger partial charge in [-0.15, -0.1) is 12.6 Å². The van der Waals surface area contributed by atoms with Crippen molar-refractivity contribution < 1.29 is 14.7 Å². The first kappa shape index (κ1) is 18.6. The summed E-state index contributed by atoms with van der Waals surface area (Å²) < 4.78 is 0. The molecule has 9 heteroatoms. The molecule has 0 unspecified atom stereocenters. The molecule has 0 spiro atoms. The SMILES string of the molecule is N#Cc1c(N)nc(S)c(C#N)c1C1CCN(C(=O)CCC(=O)O)CC1. The summed E-state index contributed by atoms with van der Waals surface area (Å²) in [5, 5.41) is 27.6. The van der Waals surface area contributed by atoms with Gasteiger partial charge < -0.3 is 15.7 Å². The molecule has 2 rings (SSSR count). The van der Waals surface area contributed by atoms with E-state index in [1.807, 2.05) is 12.1 Å². The number of carboxylic acid groups (broad SMARTS) is 1. The summed E-state index contributed by atoms with van der Waals surface area (Å²) in [5.41, 5.74) is 6.76. The maximum absolute atomic E-state index is 12.0. The van der Waals surface area contributed by atoms with Crippen molar-refractivity contribution in [3.63, 3.8) is 0 Å². The van der Waals surface area contributed by atoms with Crippen LogP contribution in [0.25, 0.3) is 0 Å². The summed E-state index contributed by atoms with van der Waals surface area (Å²) in [6, 6.07) is 4.05. The van der Waals surface area contributed by atoms with Crippen molar-refractivity contribution in [1.82, 2.24) is 9.88 Å². The fourth-order valence-electron chi connectivity index (χ4n) is 3.03. The van der Waals surface area contributed by atoms with Crippen molar-refractivity contribution in [3.05, 3.63) is 16.7 Å². The highest BCUT2D eigenvalue weighted by Gasteiger charge is 2.29. The van der Waals surface area contributed by atoms with E-state index in [2.05, 4.69) is 17.6 Å². The number of rotatable bonds is 4. The van der Waals surface area contributed by atoms with Crippen LogP contribution in [-0.2, 0) is 9.59 Å². The van der Waals surface area contributed by atoms with Crippen LogP contribution in [0.1, 0.15) is 48.3 Å². The molecule has 2 heterocycles. The monoisotopic (exact) mass is 359 g/mol. The minimum Gasteiger partial charge on any atom is -0.481 e. The molecule has 1 aromatic heterocycles. The van der Waals surface area contributed by atoms with E-state index >= 15 is 0 Å². The lowest BCUT2D eigenvalue weighted by atomic mass is 9.84. The average molecular weight is 359 g/mol. The van der Waals surface area contributed by atoms with Crippen LogP contribution in [0.5, 0.6) is 0 Å². The van der Waals surface area contributed by atoms with Gasteiger partial charge >= 0.3 is 5.97 Å². The summed E-state index contributed by atoms with van der Waals surface area (Å²) in [6.45, 7) is 0.867. The predicted molar refractivity (Wildman–Crippen MR) is 90.8 cm³/mol. The number of nitrogens with zero attached hydrogens (tertiary/aromatic N) is 4. The topological polar surface area (TPSA) is 144 Å². The van der Waals surface area contributed by atoms with Crippen LogP contribution in [0, 0.1) is 22.7 Å². The quantitative estimate of drug-likeness (QED) is 0.686. The first-order valence-electron chi connectivity index (χ1n) is 7.71. The number of hydrogen-bond donors (Lipinski definition) is 3. The van der Waals surface area contributed by atoms with Crippen LogP contribution in [-0.4, -0.2) is 40.0 Å². The second-order valence-electron chi connectivity index (χ2n) is 5.76. The number of carboxylic acids is 1. The summed E-state index contributed by atoms with van der Waals surface area (Å²) in [4.78, 5) is 28.1. The van der Waals surface area contributed by atoms with Gasteiger partial charge in [-0.1, -0.05) is 0 Å². The molecule has 8 nitrogen and oxygen atoms in total. The number of nitriles is 2. The van der Waals surface area contributed by atoms with Crippen molar-refractivity contribution >= 4 is 30.3 Å². The Balaban J connectivity index is 2.19. The lowest BCUT2D eigenvalue weighted by Crippen LogP contribution is -2.38. The van der Waals surface area contributed by atoms with Gasteiger partial charge in [-0.2, -0.15) is 10.5 Å². The minimum atomic E-state index is -1.01. The van der Waals surface area contributed by atoms with Gasteiger partial charge in [-0.25, -0.2) is 4.98 Å². The molecule has 0 aliphatic carbocycles. The van der Waals surface area contributed by atoms with Gasteiger partial charge in [0.15, 0.2) is 0 Å². The van der Waals surface area contributed by atoms with Crippen molar-refractivity contribution in [2.45, 2.75) is 36.6 Å². The van der Waals surface area contributed by atoms with Gasteiger partial charge in [-0.05, 0) is 24.3 Å². The van der Waals surface area contributed by atoms with Crippen molar-refractivity contribution in [2.75, 3.05) is 18.8 Å². The Morgan fingerprint density at radius 3 is 2.36 bits per heavy atom. The number of likely N-dealkylation sites (tertiary alicyclic amines) is 1. The normalized spacial score (nSPS) is 14.6. The maximum atomic E-state index is 12.0. The van der Waals surface area contributed by atoms with Crippen LogP contribution in [0.4, 0.5) is 5.82 Å². The number of hydrogen-bond acceptors (Lipinski definition) is 7. The number of aromatic nitrogens is 1. The summed E-state index contributed by atoms with van der Waals surface area (Å²) in [6.07, 6.45) is 0.882. The van der Waals surface area contributed by atoms with Gasteiger partial charge in [0.25, 0.3) is 0 Å². The Morgan fingerprint density at radius 2 is 1.84 bits per heavy atom. The Bertz CT molecular complexity index is 750. The average Bonchev–Trinajstić information content (AvgIpc) is 2.59. The Kier molecular flexibility index (Phi) is 5.84. The molecule has 0 bridgehead atoms. The molecule has 0 atom stereocenters. The molecule has 1 aromatic rings. The molecule has 1 amide bonds. The van der Waals surface area contributed by atoms with E-state index in [0.717, 1.165) is 0 Å². The fourth-order valence-corrected chi connectivity index (χ4v) is 3.31. The van der Waals surface area contributed by atoms with E-state index < -0.39 is 5.97 Å². The van der Waals surface area contributed by atoms with Crippen LogP contribution >= 0.6 is 12.6 Å². The van der Waals surface area contributed by atoms with E-state index in [1.165, 1.54) is 0 Å². The standard InChI is InChI=1S/C16H17N5O3S/c17-7-10-14(11(8-18)16(25)20-15(10)19)9-3-5-21(6-4-9)12(22)1-2-13(23)24/h9H,1-6H2,(H,23,24)(H3,19,20,25). The third-order valence-corrected chi connectivity index (χ3v) is 4.60. The lowest BCUT2D eigenvalue weighted by Gasteiger charge is -2.33. The zero-order valence-corrected chi connectivity index (χ0v) is 14.3. The molecular weight excluding hydrogens is 342 g/mol. The summed E-state index contributed by atoms with van der Waals surface area (Å²) in [7, 11) is 0. The molecule has 1 saturated heterocycles. The number of carbonyl (C=O) groups is 2. The van der Waals surface area contributed by atoms with Gasteiger partial charge in [0.2, 0.25) is 5.91 Å². The molecule has 0 aromatic carbocycles. The smallest absolute Gasteiger partial charge is 0.303 e. The minimum absolute atomic E-state index is 0.0319. The number of amides is 1. The Morgan fingerprint density at radius 1 is 1.24 bits per heavy atom. The first-order chi connectivity index (χ1) is 11.9. The molecule has 1 fully saturated rings. The maximum Gasteiger partial charge on any atom is 0.303 e. The molecule has 0 saturated carbocycles. The molecule has 25 heavy (non-hydrogen) atoms. The first-order valence-corrected chi connectivity index (χ1v) is 8.15. The van der Waals surface area contributed by atoms with Gasteiger partial charge in [-0.3, -0.25) is 9.59 Å². The van der Waals surface area contributed by atoms with Gasteiger partial charge in [0, 0.05) is 19.5 Å². The number of thiol groups is 1. The van der Waals surface area contributed by atoms with Crippen molar-refractivity contribution in [1.29, 1.82) is 10.5 Å². The van der Waals surface area contributed by atoms with Gasteiger partial charge in [0.1, 0.15) is 23.0 Å². The van der Waals surface area contributed by atoms with Crippen LogP contribution in [0.3, 0.4) is 0 Å². The van der Waals surface area contributed by atoms with E-state index in [1.54, 1.807) is 4.90 Å². The third-order valence-electron chi connectivity index (χ3n) is 4.28. The highest BCUT2D eigenvalue weighted by atomic mass is 32.1. The lowest BCUT2D eigenvalue weighted by molar-refractivity contribution is -0.141. The number of anilines is 1. The van der Waals surface area contributed by atoms with Crippen molar-refractivity contribution in [3.8, 4) is 12.1 Å². The fraction of sp³-hybridized carbons (Fsp3) is 0.438. The molecule has 130 valence electrons. The Hall–Kier alpha value is -2.78. The van der Waals surface area contributed by atoms with Gasteiger partial charge in [0.05, 0.1) is 17.5 Å².